The van der Waals surface area contributed by atoms with Crippen LogP contribution in [0.1, 0.15) is 38.5 Å². The minimum atomic E-state index is -2.99. The molecule has 1 aliphatic carbocycles. The fourth-order valence-electron chi connectivity index (χ4n) is 3.30. The van der Waals surface area contributed by atoms with E-state index in [2.05, 4.69) is 0 Å². The van der Waals surface area contributed by atoms with Gasteiger partial charge in [0, 0.05) is 12.0 Å². The van der Waals surface area contributed by atoms with Gasteiger partial charge in [-0.05, 0) is 19.3 Å². The Hall–Kier alpha value is -0.130. The van der Waals surface area contributed by atoms with Crippen LogP contribution < -0.4 is 5.73 Å². The van der Waals surface area contributed by atoms with Gasteiger partial charge in [0.25, 0.3) is 0 Å². The van der Waals surface area contributed by atoms with Crippen molar-refractivity contribution in [2.24, 2.45) is 11.1 Å². The summed E-state index contributed by atoms with van der Waals surface area (Å²) < 4.78 is 23.2. The largest absolute Gasteiger partial charge is 0.389 e. The Balaban J connectivity index is 2.28. The molecule has 2 rings (SSSR count). The number of sulfone groups is 1. The van der Waals surface area contributed by atoms with Crippen LogP contribution in [0.4, 0.5) is 0 Å². The molecule has 0 spiro atoms. The van der Waals surface area contributed by atoms with Gasteiger partial charge >= 0.3 is 0 Å². The van der Waals surface area contributed by atoms with Crippen LogP contribution in [0.5, 0.6) is 0 Å². The Bertz CT molecular complexity index is 359. The average molecular weight is 247 g/mol. The van der Waals surface area contributed by atoms with Crippen LogP contribution in [0.15, 0.2) is 0 Å². The maximum atomic E-state index is 11.6. The fourth-order valence-corrected chi connectivity index (χ4v) is 5.52. The minimum absolute atomic E-state index is 0.0764. The summed E-state index contributed by atoms with van der Waals surface area (Å²) in [6, 6.07) is 0. The van der Waals surface area contributed by atoms with E-state index in [-0.39, 0.29) is 18.1 Å². The van der Waals surface area contributed by atoms with E-state index in [1.165, 1.54) is 0 Å². The van der Waals surface area contributed by atoms with Crippen molar-refractivity contribution in [2.45, 2.75) is 44.1 Å². The number of rotatable bonds is 2. The molecule has 4 nitrogen and oxygen atoms in total. The molecule has 3 N–H and O–H groups in total. The molecular weight excluding hydrogens is 226 g/mol. The van der Waals surface area contributed by atoms with Crippen LogP contribution in [0.3, 0.4) is 0 Å². The Morgan fingerprint density at radius 3 is 2.19 bits per heavy atom. The summed E-state index contributed by atoms with van der Waals surface area (Å²) in [5.41, 5.74) is 4.36. The topological polar surface area (TPSA) is 80.4 Å². The van der Waals surface area contributed by atoms with Gasteiger partial charge in [-0.15, -0.1) is 0 Å². The van der Waals surface area contributed by atoms with Gasteiger partial charge in [-0.1, -0.05) is 19.3 Å². The molecule has 1 aliphatic heterocycles. The fraction of sp³-hybridized carbons (Fsp3) is 1.00. The van der Waals surface area contributed by atoms with Crippen molar-refractivity contribution < 1.29 is 13.5 Å². The monoisotopic (exact) mass is 247 g/mol. The molecule has 16 heavy (non-hydrogen) atoms. The molecule has 5 heteroatoms. The zero-order valence-corrected chi connectivity index (χ0v) is 10.4. The molecule has 0 aromatic heterocycles. The molecule has 2 aliphatic rings. The van der Waals surface area contributed by atoms with E-state index in [0.717, 1.165) is 19.3 Å². The number of hydrogen-bond donors (Lipinski definition) is 2. The van der Waals surface area contributed by atoms with Gasteiger partial charge < -0.3 is 10.8 Å². The SMILES string of the molecule is NCC1(C2(O)CCCCC2)CCS(=O)(=O)C1. The Morgan fingerprint density at radius 1 is 1.12 bits per heavy atom. The second kappa shape index (κ2) is 3.96. The highest BCUT2D eigenvalue weighted by Gasteiger charge is 2.55. The van der Waals surface area contributed by atoms with Crippen LogP contribution >= 0.6 is 0 Å². The van der Waals surface area contributed by atoms with Crippen molar-refractivity contribution >= 4 is 9.84 Å². The van der Waals surface area contributed by atoms with Gasteiger partial charge in [0.05, 0.1) is 17.1 Å². The number of nitrogens with two attached hydrogens (primary N) is 1. The van der Waals surface area contributed by atoms with Crippen molar-refractivity contribution in [3.05, 3.63) is 0 Å². The molecule has 94 valence electrons. The third-order valence-electron chi connectivity index (χ3n) is 4.45. The highest BCUT2D eigenvalue weighted by Crippen LogP contribution is 2.48. The lowest BCUT2D eigenvalue weighted by molar-refractivity contribution is -0.0936. The summed E-state index contributed by atoms with van der Waals surface area (Å²) in [4.78, 5) is 0. The van der Waals surface area contributed by atoms with E-state index in [0.29, 0.717) is 19.3 Å². The molecule has 1 saturated carbocycles. The van der Waals surface area contributed by atoms with Gasteiger partial charge in [0.15, 0.2) is 9.84 Å². The summed E-state index contributed by atoms with van der Waals surface area (Å²) in [7, 11) is -2.99. The first-order valence-electron chi connectivity index (χ1n) is 6.06. The van der Waals surface area contributed by atoms with Crippen molar-refractivity contribution in [2.75, 3.05) is 18.1 Å². The zero-order valence-electron chi connectivity index (χ0n) is 9.61. The summed E-state index contributed by atoms with van der Waals surface area (Å²) >= 11 is 0. The molecule has 1 heterocycles. The van der Waals surface area contributed by atoms with E-state index in [1.54, 1.807) is 0 Å². The predicted molar refractivity (Wildman–Crippen MR) is 62.8 cm³/mol. The normalized spacial score (nSPS) is 37.4. The van der Waals surface area contributed by atoms with E-state index in [9.17, 15) is 13.5 Å². The lowest BCUT2D eigenvalue weighted by atomic mass is 9.65. The van der Waals surface area contributed by atoms with Crippen molar-refractivity contribution in [1.29, 1.82) is 0 Å². The zero-order chi connectivity index (χ0) is 11.9. The third kappa shape index (κ3) is 1.89. The summed E-state index contributed by atoms with van der Waals surface area (Å²) in [5, 5.41) is 10.7. The lowest BCUT2D eigenvalue weighted by Crippen LogP contribution is -2.54. The van der Waals surface area contributed by atoms with Crippen molar-refractivity contribution in [1.82, 2.24) is 0 Å². The molecule has 2 fully saturated rings. The summed E-state index contributed by atoms with van der Waals surface area (Å²) in [6.45, 7) is 0.280. The van der Waals surface area contributed by atoms with Gasteiger partial charge in [0.1, 0.15) is 0 Å². The van der Waals surface area contributed by atoms with Crippen molar-refractivity contribution in [3.63, 3.8) is 0 Å². The van der Waals surface area contributed by atoms with Gasteiger partial charge in [0.2, 0.25) is 0 Å². The predicted octanol–water partition coefficient (Wildman–Crippen LogP) is 0.445. The van der Waals surface area contributed by atoms with Crippen LogP contribution in [0, 0.1) is 5.41 Å². The Morgan fingerprint density at radius 2 is 1.75 bits per heavy atom. The average Bonchev–Trinajstić information content (AvgIpc) is 2.57. The standard InChI is InChI=1S/C11H21NO3S/c12-8-10(6-7-16(14,15)9-10)11(13)4-2-1-3-5-11/h13H,1-9,12H2. The van der Waals surface area contributed by atoms with Crippen LogP contribution in [0.2, 0.25) is 0 Å². The molecule has 0 aromatic carbocycles. The molecule has 0 amide bonds. The first kappa shape index (κ1) is 12.3. The summed E-state index contributed by atoms with van der Waals surface area (Å²) in [5.74, 6) is 0.263. The highest BCUT2D eigenvalue weighted by atomic mass is 32.2. The Labute approximate surface area is 97.1 Å². The second-order valence-corrected chi connectivity index (χ2v) is 7.60. The van der Waals surface area contributed by atoms with Gasteiger partial charge in [-0.25, -0.2) is 8.42 Å². The second-order valence-electron chi connectivity index (χ2n) is 5.42. The van der Waals surface area contributed by atoms with E-state index < -0.39 is 20.9 Å². The smallest absolute Gasteiger partial charge is 0.151 e. The first-order chi connectivity index (χ1) is 7.43. The van der Waals surface area contributed by atoms with Gasteiger partial charge in [-0.3, -0.25) is 0 Å². The third-order valence-corrected chi connectivity index (χ3v) is 6.26. The molecule has 1 saturated heterocycles. The molecule has 0 aromatic rings. The van der Waals surface area contributed by atoms with Crippen molar-refractivity contribution in [3.8, 4) is 0 Å². The van der Waals surface area contributed by atoms with E-state index >= 15 is 0 Å². The van der Waals surface area contributed by atoms with E-state index in [4.69, 9.17) is 5.73 Å². The lowest BCUT2D eigenvalue weighted by Gasteiger charge is -2.46. The molecule has 0 bridgehead atoms. The Kier molecular flexibility index (Phi) is 3.05. The minimum Gasteiger partial charge on any atom is -0.389 e. The molecule has 1 atom stereocenters. The van der Waals surface area contributed by atoms with Crippen LogP contribution in [0.25, 0.3) is 0 Å². The number of aliphatic hydroxyl groups is 1. The van der Waals surface area contributed by atoms with Crippen LogP contribution in [-0.4, -0.2) is 37.2 Å². The molecular formula is C11H21NO3S. The number of hydrogen-bond acceptors (Lipinski definition) is 4. The maximum Gasteiger partial charge on any atom is 0.151 e. The summed E-state index contributed by atoms with van der Waals surface area (Å²) in [6.07, 6.45) is 5.05. The molecule has 1 unspecified atom stereocenters. The molecule has 0 radical (unpaired) electrons. The maximum absolute atomic E-state index is 11.6. The quantitative estimate of drug-likeness (QED) is 0.742. The van der Waals surface area contributed by atoms with Crippen LogP contribution in [-0.2, 0) is 9.84 Å². The van der Waals surface area contributed by atoms with E-state index in [1.807, 2.05) is 0 Å². The first-order valence-corrected chi connectivity index (χ1v) is 7.88. The van der Waals surface area contributed by atoms with Gasteiger partial charge in [-0.2, -0.15) is 0 Å². The highest BCUT2D eigenvalue weighted by molar-refractivity contribution is 7.91.